The van der Waals surface area contributed by atoms with E-state index >= 15 is 0 Å². The van der Waals surface area contributed by atoms with Gasteiger partial charge >= 0.3 is 35.5 Å². The Labute approximate surface area is 192 Å². The Morgan fingerprint density at radius 3 is 1.82 bits per heavy atom. The Kier molecular flexibility index (Phi) is 17.8. The molecular formula is C19H35NaO7S. The second-order valence-electron chi connectivity index (χ2n) is 7.09. The van der Waals surface area contributed by atoms with Gasteiger partial charge in [0.2, 0.25) is 0 Å². The maximum atomic E-state index is 12.4. The average molecular weight is 431 g/mol. The number of esters is 1. The van der Waals surface area contributed by atoms with Gasteiger partial charge < -0.3 is 14.6 Å². The fourth-order valence-corrected chi connectivity index (χ4v) is 3.99. The van der Waals surface area contributed by atoms with Crippen molar-refractivity contribution < 1.29 is 62.0 Å². The van der Waals surface area contributed by atoms with E-state index in [9.17, 15) is 27.7 Å². The zero-order chi connectivity index (χ0) is 20.8. The third-order valence-electron chi connectivity index (χ3n) is 4.71. The van der Waals surface area contributed by atoms with Crippen molar-refractivity contribution in [3.8, 4) is 0 Å². The summed E-state index contributed by atoms with van der Waals surface area (Å²) in [6, 6.07) is 0. The summed E-state index contributed by atoms with van der Waals surface area (Å²) >= 11 is 0. The maximum Gasteiger partial charge on any atom is 1.00 e. The van der Waals surface area contributed by atoms with Crippen molar-refractivity contribution in [2.45, 2.75) is 102 Å². The fourth-order valence-electron chi connectivity index (χ4n) is 3.01. The summed E-state index contributed by atoms with van der Waals surface area (Å²) in [6.07, 6.45) is 8.55. The molecule has 160 valence electrons. The van der Waals surface area contributed by atoms with Gasteiger partial charge in [-0.2, -0.15) is 8.42 Å². The van der Waals surface area contributed by atoms with Crippen molar-refractivity contribution in [3.63, 3.8) is 0 Å². The van der Waals surface area contributed by atoms with E-state index in [4.69, 9.17) is 4.74 Å². The van der Waals surface area contributed by atoms with Crippen molar-refractivity contribution >= 4 is 22.1 Å². The molecule has 28 heavy (non-hydrogen) atoms. The second kappa shape index (κ2) is 16.6. The van der Waals surface area contributed by atoms with Gasteiger partial charge in [0, 0.05) is 12.4 Å². The molecule has 1 atom stereocenters. The summed E-state index contributed by atoms with van der Waals surface area (Å²) in [4.78, 5) is 23.4. The Morgan fingerprint density at radius 1 is 0.893 bits per heavy atom. The summed E-state index contributed by atoms with van der Waals surface area (Å²) in [7, 11) is -4.96. The first kappa shape index (κ1) is 30.0. The van der Waals surface area contributed by atoms with E-state index in [1.165, 1.54) is 25.7 Å². The molecule has 0 rings (SSSR count). The number of carboxylic acids is 1. The minimum absolute atomic E-state index is 0. The fraction of sp³-hybridized carbons (Fsp3) is 0.895. The standard InChI is InChI=1S/C19H36O7S.Na/c1-3-5-7-8-9-10-11-13-15-26-18(22)19(16-17(20)21,27(23,24)25)14-12-6-4-2;/h3-16H2,1-2H3,(H,20,21)(H,23,24,25);/q;+1/p-1. The first-order chi connectivity index (χ1) is 12.7. The summed E-state index contributed by atoms with van der Waals surface area (Å²) in [6.45, 7) is 4.05. The molecule has 0 spiro atoms. The van der Waals surface area contributed by atoms with Gasteiger partial charge in [0.25, 0.3) is 10.1 Å². The largest absolute Gasteiger partial charge is 1.00 e. The Morgan fingerprint density at radius 2 is 1.36 bits per heavy atom. The van der Waals surface area contributed by atoms with Crippen molar-refractivity contribution in [2.75, 3.05) is 6.61 Å². The van der Waals surface area contributed by atoms with Gasteiger partial charge in [-0.05, 0) is 12.8 Å². The molecule has 0 fully saturated rings. The topological polar surface area (TPSA) is 121 Å². The molecule has 0 saturated carbocycles. The third kappa shape index (κ3) is 11.8. The van der Waals surface area contributed by atoms with Crippen molar-refractivity contribution in [2.24, 2.45) is 0 Å². The van der Waals surface area contributed by atoms with Crippen LogP contribution in [-0.2, 0) is 24.4 Å². The van der Waals surface area contributed by atoms with Crippen LogP contribution in [0.4, 0.5) is 0 Å². The predicted molar refractivity (Wildman–Crippen MR) is 102 cm³/mol. The molecule has 0 heterocycles. The van der Waals surface area contributed by atoms with E-state index < -0.39 is 33.2 Å². The molecule has 0 aromatic heterocycles. The van der Waals surface area contributed by atoms with Crippen LogP contribution in [0.5, 0.6) is 0 Å². The first-order valence-electron chi connectivity index (χ1n) is 10.1. The van der Waals surface area contributed by atoms with Gasteiger partial charge in [0.1, 0.15) is 0 Å². The second-order valence-corrected chi connectivity index (χ2v) is 8.82. The molecule has 0 radical (unpaired) electrons. The monoisotopic (exact) mass is 430 g/mol. The van der Waals surface area contributed by atoms with Crippen LogP contribution >= 0.6 is 0 Å². The van der Waals surface area contributed by atoms with Crippen LogP contribution in [-0.4, -0.2) is 36.3 Å². The normalized spacial score (nSPS) is 13.4. The minimum Gasteiger partial charge on any atom is -0.550 e. The maximum absolute atomic E-state index is 12.4. The van der Waals surface area contributed by atoms with E-state index in [0.717, 1.165) is 25.7 Å². The minimum atomic E-state index is -4.96. The smallest absolute Gasteiger partial charge is 0.550 e. The molecule has 0 aliphatic rings. The van der Waals surface area contributed by atoms with Gasteiger partial charge in [0.15, 0.2) is 4.75 Å². The number of rotatable bonds is 17. The quantitative estimate of drug-likeness (QED) is 0.149. The van der Waals surface area contributed by atoms with E-state index in [1.54, 1.807) is 0 Å². The van der Waals surface area contributed by atoms with Crippen LogP contribution in [0.25, 0.3) is 0 Å². The molecule has 7 nitrogen and oxygen atoms in total. The molecule has 0 aliphatic carbocycles. The number of ether oxygens (including phenoxy) is 1. The number of carboxylic acid groups (broad SMARTS) is 1. The number of hydrogen-bond donors (Lipinski definition) is 1. The van der Waals surface area contributed by atoms with E-state index in [0.29, 0.717) is 12.8 Å². The van der Waals surface area contributed by atoms with Gasteiger partial charge in [-0.1, -0.05) is 78.1 Å². The SMILES string of the molecule is CCCCCCCCCCOC(=O)C(CCCCC)(CC(=O)[O-])S(=O)(=O)O.[Na+]. The van der Waals surface area contributed by atoms with E-state index in [-0.39, 0.29) is 49.0 Å². The van der Waals surface area contributed by atoms with Crippen LogP contribution in [0.1, 0.15) is 97.3 Å². The molecule has 1 N–H and O–H groups in total. The average Bonchev–Trinajstić information content (AvgIpc) is 2.58. The van der Waals surface area contributed by atoms with Crippen molar-refractivity contribution in [3.05, 3.63) is 0 Å². The van der Waals surface area contributed by atoms with Crippen LogP contribution in [0.3, 0.4) is 0 Å². The summed E-state index contributed by atoms with van der Waals surface area (Å²) in [5, 5.41) is 11.0. The number of hydrogen-bond acceptors (Lipinski definition) is 6. The van der Waals surface area contributed by atoms with Crippen LogP contribution in [0.15, 0.2) is 0 Å². The van der Waals surface area contributed by atoms with Crippen molar-refractivity contribution in [1.82, 2.24) is 0 Å². The zero-order valence-corrected chi connectivity index (χ0v) is 20.5. The zero-order valence-electron chi connectivity index (χ0n) is 17.7. The predicted octanol–water partition coefficient (Wildman–Crippen LogP) is 0.0212. The number of unbranched alkanes of at least 4 members (excludes halogenated alkanes) is 9. The Balaban J connectivity index is 0. The van der Waals surface area contributed by atoms with Gasteiger partial charge in [-0.25, -0.2) is 0 Å². The summed E-state index contributed by atoms with van der Waals surface area (Å²) in [5.41, 5.74) is 0. The van der Waals surface area contributed by atoms with Crippen molar-refractivity contribution in [1.29, 1.82) is 0 Å². The molecule has 9 heteroatoms. The van der Waals surface area contributed by atoms with Gasteiger partial charge in [-0.3, -0.25) is 9.35 Å². The van der Waals surface area contributed by atoms with E-state index in [1.807, 2.05) is 6.92 Å². The Hall–Kier alpha value is -0.150. The molecule has 1 unspecified atom stereocenters. The van der Waals surface area contributed by atoms with E-state index in [2.05, 4.69) is 6.92 Å². The Bertz CT molecular complexity index is 536. The number of aliphatic carboxylic acids is 1. The molecule has 0 amide bonds. The molecule has 0 saturated heterocycles. The summed E-state index contributed by atoms with van der Waals surface area (Å²) in [5.74, 6) is -2.92. The van der Waals surface area contributed by atoms with Gasteiger partial charge in [-0.15, -0.1) is 0 Å². The van der Waals surface area contributed by atoms with Crippen LogP contribution in [0, 0.1) is 0 Å². The molecule has 0 bridgehead atoms. The first-order valence-corrected chi connectivity index (χ1v) is 11.5. The summed E-state index contributed by atoms with van der Waals surface area (Å²) < 4.78 is 35.8. The van der Waals surface area contributed by atoms with Crippen LogP contribution < -0.4 is 34.7 Å². The third-order valence-corrected chi connectivity index (χ3v) is 6.21. The number of carbonyl (C=O) groups is 2. The van der Waals surface area contributed by atoms with Gasteiger partial charge in [0.05, 0.1) is 6.61 Å². The molecular weight excluding hydrogens is 395 g/mol. The molecule has 0 aromatic carbocycles. The number of carbonyl (C=O) groups excluding carboxylic acids is 2. The molecule has 0 aliphatic heterocycles. The molecule has 0 aromatic rings. The van der Waals surface area contributed by atoms with Crippen LogP contribution in [0.2, 0.25) is 0 Å².